The number of nitrogens with one attached hydrogen (secondary N) is 1. The van der Waals surface area contributed by atoms with Crippen LogP contribution < -0.4 is 10.1 Å². The number of hydrogen-bond acceptors (Lipinski definition) is 4. The highest BCUT2D eigenvalue weighted by Gasteiger charge is 2.13. The molecule has 0 saturated carbocycles. The Bertz CT molecular complexity index is 556. The van der Waals surface area contributed by atoms with Gasteiger partial charge in [-0.3, -0.25) is 4.68 Å². The Hall–Kier alpha value is -2.18. The van der Waals surface area contributed by atoms with Crippen molar-refractivity contribution in [2.24, 2.45) is 7.05 Å². The van der Waals surface area contributed by atoms with Crippen LogP contribution in [0.25, 0.3) is 0 Å². The second kappa shape index (κ2) is 4.99. The molecule has 0 aromatic carbocycles. The van der Waals surface area contributed by atoms with E-state index >= 15 is 0 Å². The number of halogens is 2. The van der Waals surface area contributed by atoms with Gasteiger partial charge < -0.3 is 10.1 Å². The summed E-state index contributed by atoms with van der Waals surface area (Å²) in [5, 5.41) is 6.55. The highest BCUT2D eigenvalue weighted by molar-refractivity contribution is 5.40. The van der Waals surface area contributed by atoms with E-state index in [4.69, 9.17) is 4.74 Å². The fourth-order valence-corrected chi connectivity index (χ4v) is 1.38. The van der Waals surface area contributed by atoms with Crippen LogP contribution in [-0.2, 0) is 7.05 Å². The van der Waals surface area contributed by atoms with Crippen molar-refractivity contribution < 1.29 is 13.5 Å². The minimum absolute atomic E-state index is 0.0437. The zero-order valence-corrected chi connectivity index (χ0v) is 9.94. The summed E-state index contributed by atoms with van der Waals surface area (Å²) >= 11 is 0. The highest BCUT2D eigenvalue weighted by Crippen LogP contribution is 2.25. The van der Waals surface area contributed by atoms with Gasteiger partial charge in [-0.15, -0.1) is 0 Å². The van der Waals surface area contributed by atoms with Gasteiger partial charge in [0.1, 0.15) is 0 Å². The summed E-state index contributed by atoms with van der Waals surface area (Å²) < 4.78 is 33.5. The summed E-state index contributed by atoms with van der Waals surface area (Å²) in [6.07, 6.45) is 2.97. The molecule has 0 aliphatic heterocycles. The lowest BCUT2D eigenvalue weighted by Gasteiger charge is -2.08. The first kappa shape index (κ1) is 12.3. The van der Waals surface area contributed by atoms with E-state index in [1.807, 2.05) is 0 Å². The maximum atomic E-state index is 13.5. The van der Waals surface area contributed by atoms with Crippen molar-refractivity contribution in [3.05, 3.63) is 30.1 Å². The number of aryl methyl sites for hydroxylation is 1. The molecule has 0 aliphatic carbocycles. The van der Waals surface area contributed by atoms with Gasteiger partial charge in [-0.2, -0.15) is 10.1 Å². The van der Waals surface area contributed by atoms with Gasteiger partial charge in [0.15, 0.2) is 23.2 Å². The quantitative estimate of drug-likeness (QED) is 0.909. The molecule has 1 N–H and O–H groups in total. The maximum Gasteiger partial charge on any atom is 0.258 e. The van der Waals surface area contributed by atoms with Gasteiger partial charge in [-0.25, -0.2) is 8.78 Å². The third-order valence-electron chi connectivity index (χ3n) is 2.14. The van der Waals surface area contributed by atoms with Crippen LogP contribution in [0.15, 0.2) is 18.5 Å². The number of hydrogen-bond donors (Lipinski definition) is 1. The largest absolute Gasteiger partial charge is 0.433 e. The molecule has 0 atom stereocenters. The minimum Gasteiger partial charge on any atom is -0.433 e. The van der Waals surface area contributed by atoms with Crippen LogP contribution in [0.1, 0.15) is 6.92 Å². The third-order valence-corrected chi connectivity index (χ3v) is 2.14. The number of anilines is 1. The first-order valence-electron chi connectivity index (χ1n) is 5.36. The van der Waals surface area contributed by atoms with Crippen LogP contribution in [0.5, 0.6) is 11.6 Å². The normalized spacial score (nSPS) is 10.4. The Kier molecular flexibility index (Phi) is 3.40. The average Bonchev–Trinajstić information content (AvgIpc) is 2.71. The second-order valence-corrected chi connectivity index (χ2v) is 3.59. The Morgan fingerprint density at radius 2 is 2.17 bits per heavy atom. The van der Waals surface area contributed by atoms with Crippen LogP contribution in [0.4, 0.5) is 14.6 Å². The Morgan fingerprint density at radius 3 is 2.78 bits per heavy atom. The summed E-state index contributed by atoms with van der Waals surface area (Å²) in [4.78, 5) is 3.75. The third kappa shape index (κ3) is 2.55. The van der Waals surface area contributed by atoms with E-state index < -0.39 is 11.6 Å². The molecule has 2 aromatic rings. The zero-order valence-electron chi connectivity index (χ0n) is 9.94. The molecule has 2 rings (SSSR count). The van der Waals surface area contributed by atoms with Crippen LogP contribution in [0, 0.1) is 11.6 Å². The molecule has 2 heterocycles. The van der Waals surface area contributed by atoms with Crippen molar-refractivity contribution in [3.8, 4) is 11.6 Å². The lowest BCUT2D eigenvalue weighted by Crippen LogP contribution is -2.04. The molecule has 0 saturated heterocycles. The molecule has 0 unspecified atom stereocenters. The molecule has 0 aliphatic rings. The molecule has 5 nitrogen and oxygen atoms in total. The molecule has 7 heteroatoms. The first-order chi connectivity index (χ1) is 8.60. The van der Waals surface area contributed by atoms with Crippen LogP contribution in [0.3, 0.4) is 0 Å². The van der Waals surface area contributed by atoms with Gasteiger partial charge >= 0.3 is 0 Å². The van der Waals surface area contributed by atoms with E-state index in [1.54, 1.807) is 20.2 Å². The van der Waals surface area contributed by atoms with Crippen molar-refractivity contribution in [1.82, 2.24) is 14.8 Å². The Morgan fingerprint density at radius 1 is 1.39 bits per heavy atom. The van der Waals surface area contributed by atoms with Crippen LogP contribution in [0.2, 0.25) is 0 Å². The van der Waals surface area contributed by atoms with Gasteiger partial charge in [-0.05, 0) is 6.92 Å². The summed E-state index contributed by atoms with van der Waals surface area (Å²) in [7, 11) is 1.70. The van der Waals surface area contributed by atoms with Gasteiger partial charge in [0.05, 0.1) is 12.4 Å². The van der Waals surface area contributed by atoms with E-state index in [1.165, 1.54) is 10.9 Å². The number of rotatable bonds is 4. The fraction of sp³-hybridized carbons (Fsp3) is 0.273. The van der Waals surface area contributed by atoms with E-state index in [0.717, 1.165) is 6.07 Å². The van der Waals surface area contributed by atoms with E-state index in [-0.39, 0.29) is 11.7 Å². The number of ether oxygens (including phenoxy) is 1. The zero-order chi connectivity index (χ0) is 13.1. The first-order valence-corrected chi connectivity index (χ1v) is 5.36. The second-order valence-electron chi connectivity index (χ2n) is 3.59. The summed E-state index contributed by atoms with van der Waals surface area (Å²) in [6.45, 7) is 2.26. The van der Waals surface area contributed by atoms with Crippen molar-refractivity contribution in [2.45, 2.75) is 6.92 Å². The summed E-state index contributed by atoms with van der Waals surface area (Å²) in [5.41, 5.74) is 0. The topological polar surface area (TPSA) is 52.0 Å². The molecule has 18 heavy (non-hydrogen) atoms. The van der Waals surface area contributed by atoms with E-state index in [9.17, 15) is 8.78 Å². The predicted molar refractivity (Wildman–Crippen MR) is 61.6 cm³/mol. The van der Waals surface area contributed by atoms with Crippen LogP contribution >= 0.6 is 0 Å². The Labute approximate surface area is 102 Å². The molecule has 0 radical (unpaired) electrons. The Balaban J connectivity index is 2.29. The van der Waals surface area contributed by atoms with Gasteiger partial charge in [-0.1, -0.05) is 0 Å². The molecule has 96 valence electrons. The summed E-state index contributed by atoms with van der Waals surface area (Å²) in [6, 6.07) is 0.733. The monoisotopic (exact) mass is 254 g/mol. The lowest BCUT2D eigenvalue weighted by atomic mass is 10.4. The minimum atomic E-state index is -0.863. The smallest absolute Gasteiger partial charge is 0.258 e. The number of pyridine rings is 1. The standard InChI is InChI=1S/C11H12F2N4O/c1-3-14-10-8(12)4-9(13)11(16-10)18-7-5-15-17(2)6-7/h4-6H,3H2,1-2H3,(H,14,16). The molecule has 0 spiro atoms. The van der Waals surface area contributed by atoms with Gasteiger partial charge in [0, 0.05) is 19.7 Å². The van der Waals surface area contributed by atoms with Crippen molar-refractivity contribution in [2.75, 3.05) is 11.9 Å². The van der Waals surface area contributed by atoms with Crippen molar-refractivity contribution in [3.63, 3.8) is 0 Å². The van der Waals surface area contributed by atoms with Crippen molar-refractivity contribution in [1.29, 1.82) is 0 Å². The van der Waals surface area contributed by atoms with E-state index in [2.05, 4.69) is 15.4 Å². The van der Waals surface area contributed by atoms with Gasteiger partial charge in [0.2, 0.25) is 0 Å². The number of nitrogens with zero attached hydrogens (tertiary/aromatic N) is 3. The molecule has 0 fully saturated rings. The molecule has 0 bridgehead atoms. The van der Waals surface area contributed by atoms with Crippen LogP contribution in [-0.4, -0.2) is 21.3 Å². The van der Waals surface area contributed by atoms with E-state index in [0.29, 0.717) is 12.3 Å². The molecule has 2 aromatic heterocycles. The fourth-order valence-electron chi connectivity index (χ4n) is 1.38. The molecule has 0 amide bonds. The lowest BCUT2D eigenvalue weighted by molar-refractivity contribution is 0.417. The predicted octanol–water partition coefficient (Wildman–Crippen LogP) is 2.32. The molecular weight excluding hydrogens is 242 g/mol. The molecular formula is C11H12F2N4O. The summed E-state index contributed by atoms with van der Waals surface area (Å²) in [5.74, 6) is -1.62. The number of aromatic nitrogens is 3. The average molecular weight is 254 g/mol. The van der Waals surface area contributed by atoms with Gasteiger partial charge in [0.25, 0.3) is 5.88 Å². The van der Waals surface area contributed by atoms with Crippen molar-refractivity contribution >= 4 is 5.82 Å². The maximum absolute atomic E-state index is 13.5. The SMILES string of the molecule is CCNc1nc(Oc2cnn(C)c2)c(F)cc1F. The highest BCUT2D eigenvalue weighted by atomic mass is 19.1.